The molecule has 2 rings (SSSR count). The van der Waals surface area contributed by atoms with E-state index in [9.17, 15) is 5.11 Å². The molecule has 0 amide bonds. The fourth-order valence-corrected chi connectivity index (χ4v) is 10.9. The summed E-state index contributed by atoms with van der Waals surface area (Å²) in [5.41, 5.74) is 2.98. The zero-order valence-corrected chi connectivity index (χ0v) is 18.4. The Morgan fingerprint density at radius 3 is 1.83 bits per heavy atom. The average molecular weight is 410 g/mol. The van der Waals surface area contributed by atoms with Crippen molar-refractivity contribution in [3.8, 4) is 15.8 Å². The molecule has 0 spiro atoms. The second kappa shape index (κ2) is 8.05. The van der Waals surface area contributed by atoms with Gasteiger partial charge in [-0.15, -0.1) is 0 Å². The molecule has 0 radical (unpaired) electrons. The summed E-state index contributed by atoms with van der Waals surface area (Å²) in [4.78, 5) is 0. The van der Waals surface area contributed by atoms with E-state index in [1.807, 2.05) is 6.07 Å². The van der Waals surface area contributed by atoms with Crippen LogP contribution >= 0.6 is 0 Å². The van der Waals surface area contributed by atoms with Crippen molar-refractivity contribution in [1.29, 1.82) is 0 Å². The molecule has 2 aromatic rings. The molecule has 1 N–H and O–H groups in total. The second-order valence-corrected chi connectivity index (χ2v) is 15.2. The number of hydrogen-bond acceptors (Lipinski definition) is 2. The van der Waals surface area contributed by atoms with Crippen LogP contribution in [0, 0.1) is 0 Å². The topological polar surface area (TPSA) is 29.5 Å². The van der Waals surface area contributed by atoms with E-state index in [0.717, 1.165) is 10.2 Å². The molecule has 4 heteroatoms. The van der Waals surface area contributed by atoms with Crippen LogP contribution in [0.1, 0.15) is 46.0 Å². The molecule has 0 unspecified atom stereocenters. The molecule has 0 saturated heterocycles. The van der Waals surface area contributed by atoms with Gasteiger partial charge in [0.1, 0.15) is 0 Å². The van der Waals surface area contributed by atoms with Gasteiger partial charge < -0.3 is 0 Å². The Labute approximate surface area is 153 Å². The van der Waals surface area contributed by atoms with Crippen LogP contribution in [-0.4, -0.2) is 27.9 Å². The van der Waals surface area contributed by atoms with Gasteiger partial charge in [-0.25, -0.2) is 0 Å². The van der Waals surface area contributed by atoms with E-state index in [2.05, 4.69) is 71.9 Å². The van der Waals surface area contributed by atoms with Crippen molar-refractivity contribution in [2.24, 2.45) is 0 Å². The van der Waals surface area contributed by atoms with Crippen LogP contribution in [0.25, 0.3) is 10.0 Å². The standard InChI is InChI=1S/C20H30O2SeSi/c1-14(2)24(15(3)4,16(5)6)22-18-9-7-17(8-10-18)20-12-11-19(13-21)23-20/h7-12,14-16,21H,13H2,1-6H3. The van der Waals surface area contributed by atoms with E-state index in [0.29, 0.717) is 16.6 Å². The van der Waals surface area contributed by atoms with E-state index in [1.165, 1.54) is 10.0 Å². The van der Waals surface area contributed by atoms with Crippen LogP contribution in [0.5, 0.6) is 5.75 Å². The minimum absolute atomic E-state index is 0.173. The molecule has 1 aromatic carbocycles. The summed E-state index contributed by atoms with van der Waals surface area (Å²) in [7, 11) is -1.89. The van der Waals surface area contributed by atoms with Gasteiger partial charge in [-0.2, -0.15) is 0 Å². The quantitative estimate of drug-likeness (QED) is 0.616. The van der Waals surface area contributed by atoms with Crippen LogP contribution in [0.4, 0.5) is 0 Å². The molecule has 2 nitrogen and oxygen atoms in total. The Kier molecular flexibility index (Phi) is 6.55. The first-order valence-corrected chi connectivity index (χ1v) is 12.7. The van der Waals surface area contributed by atoms with Gasteiger partial charge in [0.2, 0.25) is 0 Å². The van der Waals surface area contributed by atoms with E-state index >= 15 is 0 Å². The zero-order valence-electron chi connectivity index (χ0n) is 15.7. The molecule has 0 saturated carbocycles. The van der Waals surface area contributed by atoms with Crippen molar-refractivity contribution in [1.82, 2.24) is 0 Å². The summed E-state index contributed by atoms with van der Waals surface area (Å²) >= 11 is 0.253. The number of aliphatic hydroxyl groups excluding tert-OH is 1. The van der Waals surface area contributed by atoms with Gasteiger partial charge >= 0.3 is 154 Å². The fourth-order valence-electron chi connectivity index (χ4n) is 3.86. The molecule has 0 fully saturated rings. The van der Waals surface area contributed by atoms with Crippen molar-refractivity contribution in [2.45, 2.75) is 64.8 Å². The van der Waals surface area contributed by atoms with Gasteiger partial charge in [-0.1, -0.05) is 0 Å². The van der Waals surface area contributed by atoms with Crippen LogP contribution < -0.4 is 4.43 Å². The van der Waals surface area contributed by atoms with Crippen LogP contribution in [-0.2, 0) is 6.61 Å². The van der Waals surface area contributed by atoms with Crippen molar-refractivity contribution in [2.75, 3.05) is 0 Å². The maximum absolute atomic E-state index is 9.26. The normalized spacial score (nSPS) is 12.4. The Morgan fingerprint density at radius 1 is 0.875 bits per heavy atom. The fraction of sp³-hybridized carbons (Fsp3) is 0.500. The third-order valence-electron chi connectivity index (χ3n) is 4.96. The van der Waals surface area contributed by atoms with E-state index in [4.69, 9.17) is 4.43 Å². The molecule has 1 heterocycles. The van der Waals surface area contributed by atoms with Crippen LogP contribution in [0.3, 0.4) is 0 Å². The number of aliphatic hydroxyl groups is 1. The van der Waals surface area contributed by atoms with Gasteiger partial charge in [0.25, 0.3) is 0 Å². The monoisotopic (exact) mass is 410 g/mol. The second-order valence-electron chi connectivity index (χ2n) is 7.37. The molecule has 24 heavy (non-hydrogen) atoms. The molecular formula is C20H30O2SeSi. The third kappa shape index (κ3) is 3.88. The summed E-state index contributed by atoms with van der Waals surface area (Å²) in [6.45, 7) is 14.1. The summed E-state index contributed by atoms with van der Waals surface area (Å²) in [6, 6.07) is 12.8. The maximum atomic E-state index is 9.26. The zero-order chi connectivity index (χ0) is 17.9. The summed E-state index contributed by atoms with van der Waals surface area (Å²) in [6.07, 6.45) is 0. The molecule has 0 aliphatic carbocycles. The van der Waals surface area contributed by atoms with Gasteiger partial charge in [0.15, 0.2) is 0 Å². The summed E-state index contributed by atoms with van der Waals surface area (Å²) < 4.78 is 9.19. The van der Waals surface area contributed by atoms with Crippen LogP contribution in [0.15, 0.2) is 36.4 Å². The molecule has 0 atom stereocenters. The first-order valence-electron chi connectivity index (χ1n) is 8.80. The van der Waals surface area contributed by atoms with E-state index < -0.39 is 8.32 Å². The summed E-state index contributed by atoms with van der Waals surface area (Å²) in [5, 5.41) is 9.26. The number of hydrogen-bond donors (Lipinski definition) is 1. The Bertz CT molecular complexity index is 622. The predicted molar refractivity (Wildman–Crippen MR) is 106 cm³/mol. The van der Waals surface area contributed by atoms with Crippen molar-refractivity contribution < 1.29 is 9.53 Å². The molecule has 0 bridgehead atoms. The minimum atomic E-state index is -1.89. The number of rotatable bonds is 7. The van der Waals surface area contributed by atoms with E-state index in [1.54, 1.807) is 0 Å². The van der Waals surface area contributed by atoms with Gasteiger partial charge in [-0.05, 0) is 0 Å². The van der Waals surface area contributed by atoms with Crippen molar-refractivity contribution in [3.05, 3.63) is 40.8 Å². The Morgan fingerprint density at radius 2 is 1.42 bits per heavy atom. The predicted octanol–water partition coefficient (Wildman–Crippen LogP) is 5.46. The summed E-state index contributed by atoms with van der Waals surface area (Å²) in [5.74, 6) is 1.00. The molecule has 132 valence electrons. The van der Waals surface area contributed by atoms with Crippen molar-refractivity contribution >= 4 is 22.8 Å². The SMILES string of the molecule is CC(C)[Si](Oc1ccc(-c2ccc(CO)[se]2)cc1)(C(C)C)C(C)C. The molecule has 0 aliphatic rings. The molecule has 0 aliphatic heterocycles. The van der Waals surface area contributed by atoms with Gasteiger partial charge in [-0.3, -0.25) is 0 Å². The first-order chi connectivity index (χ1) is 11.3. The van der Waals surface area contributed by atoms with Crippen LogP contribution in [0.2, 0.25) is 16.6 Å². The third-order valence-corrected chi connectivity index (χ3v) is 13.3. The Hall–Kier alpha value is -0.804. The Balaban J connectivity index is 2.26. The first kappa shape index (κ1) is 19.5. The average Bonchev–Trinajstić information content (AvgIpc) is 3.01. The van der Waals surface area contributed by atoms with Crippen molar-refractivity contribution in [3.63, 3.8) is 0 Å². The number of benzene rings is 1. The molecule has 1 aromatic heterocycles. The van der Waals surface area contributed by atoms with Gasteiger partial charge in [0.05, 0.1) is 0 Å². The molecular weight excluding hydrogens is 379 g/mol. The van der Waals surface area contributed by atoms with Gasteiger partial charge in [0, 0.05) is 0 Å². The van der Waals surface area contributed by atoms with E-state index in [-0.39, 0.29) is 21.1 Å².